The molecule has 0 atom stereocenters. The molecule has 0 fully saturated rings. The Bertz CT molecular complexity index is 593. The van der Waals surface area contributed by atoms with Crippen LogP contribution < -0.4 is 0 Å². The van der Waals surface area contributed by atoms with E-state index in [0.717, 1.165) is 0 Å². The highest BCUT2D eigenvalue weighted by Crippen LogP contribution is 2.28. The lowest BCUT2D eigenvalue weighted by atomic mass is 9.94. The van der Waals surface area contributed by atoms with Crippen LogP contribution in [0.2, 0.25) is 0 Å². The zero-order chi connectivity index (χ0) is 12.6. The molecule has 4 heteroatoms. The van der Waals surface area contributed by atoms with E-state index in [1.165, 1.54) is 18.3 Å². The van der Waals surface area contributed by atoms with Crippen LogP contribution in [0.25, 0.3) is 10.9 Å². The third-order valence-corrected chi connectivity index (χ3v) is 2.68. The Morgan fingerprint density at radius 3 is 2.71 bits per heavy atom. The van der Waals surface area contributed by atoms with Gasteiger partial charge in [-0.2, -0.15) is 0 Å². The van der Waals surface area contributed by atoms with E-state index in [2.05, 4.69) is 4.98 Å². The van der Waals surface area contributed by atoms with Gasteiger partial charge < -0.3 is 5.11 Å². The molecule has 1 N–H and O–H groups in total. The number of nitrogens with zero attached hydrogens (tertiary/aromatic N) is 1. The molecule has 0 aliphatic rings. The molecular formula is C13H12FNO2. The minimum absolute atomic E-state index is 0.00611. The molecule has 88 valence electrons. The molecule has 0 saturated heterocycles. The number of benzene rings is 1. The monoisotopic (exact) mass is 233 g/mol. The number of hydrogen-bond donors (Lipinski definition) is 1. The molecule has 0 spiro atoms. The van der Waals surface area contributed by atoms with Gasteiger partial charge in [0.15, 0.2) is 0 Å². The minimum Gasteiger partial charge on any atom is -0.478 e. The number of carboxylic acid groups (broad SMARTS) is 1. The topological polar surface area (TPSA) is 50.2 Å². The Balaban J connectivity index is 2.87. The molecule has 2 rings (SSSR count). The van der Waals surface area contributed by atoms with Gasteiger partial charge in [0.2, 0.25) is 0 Å². The van der Waals surface area contributed by atoms with Gasteiger partial charge in [0.05, 0.1) is 11.1 Å². The lowest BCUT2D eigenvalue weighted by Gasteiger charge is -2.12. The molecule has 1 heterocycles. The standard InChI is InChI=1S/C13H12FNO2/c1-7(2)12-9-5-8(14)3-4-11(9)15-6-10(12)13(16)17/h3-7H,1-2H3,(H,16,17). The van der Waals surface area contributed by atoms with E-state index >= 15 is 0 Å². The summed E-state index contributed by atoms with van der Waals surface area (Å²) in [5.41, 5.74) is 1.38. The smallest absolute Gasteiger partial charge is 0.337 e. The SMILES string of the molecule is CC(C)c1c(C(=O)O)cnc2ccc(F)cc12. The largest absolute Gasteiger partial charge is 0.478 e. The summed E-state index contributed by atoms with van der Waals surface area (Å²) < 4.78 is 13.2. The Kier molecular flexibility index (Phi) is 2.79. The molecule has 3 nitrogen and oxygen atoms in total. The zero-order valence-corrected chi connectivity index (χ0v) is 9.57. The third-order valence-electron chi connectivity index (χ3n) is 2.68. The van der Waals surface area contributed by atoms with Gasteiger partial charge in [-0.05, 0) is 29.7 Å². The van der Waals surface area contributed by atoms with E-state index in [-0.39, 0.29) is 17.3 Å². The second kappa shape index (κ2) is 4.13. The maximum atomic E-state index is 13.2. The Morgan fingerprint density at radius 2 is 2.12 bits per heavy atom. The average Bonchev–Trinajstić information content (AvgIpc) is 2.26. The first-order valence-corrected chi connectivity index (χ1v) is 5.32. The summed E-state index contributed by atoms with van der Waals surface area (Å²) in [4.78, 5) is 15.2. The fraction of sp³-hybridized carbons (Fsp3) is 0.231. The summed E-state index contributed by atoms with van der Waals surface area (Å²) in [6, 6.07) is 4.21. The molecule has 1 aromatic heterocycles. The predicted octanol–water partition coefficient (Wildman–Crippen LogP) is 3.20. The van der Waals surface area contributed by atoms with Crippen molar-refractivity contribution in [2.75, 3.05) is 0 Å². The molecule has 17 heavy (non-hydrogen) atoms. The van der Waals surface area contributed by atoms with E-state index < -0.39 is 5.97 Å². The van der Waals surface area contributed by atoms with Crippen LogP contribution >= 0.6 is 0 Å². The van der Waals surface area contributed by atoms with Gasteiger partial charge in [0, 0.05) is 11.6 Å². The number of aromatic nitrogens is 1. The first-order chi connectivity index (χ1) is 8.00. The third kappa shape index (κ3) is 1.98. The number of rotatable bonds is 2. The Hall–Kier alpha value is -1.97. The molecule has 0 amide bonds. The summed E-state index contributed by atoms with van der Waals surface area (Å²) in [5, 5.41) is 9.68. The Labute approximate surface area is 97.9 Å². The molecule has 2 aromatic rings. The summed E-state index contributed by atoms with van der Waals surface area (Å²) in [6.07, 6.45) is 1.33. The highest BCUT2D eigenvalue weighted by molar-refractivity contribution is 5.96. The van der Waals surface area contributed by atoms with Crippen LogP contribution in [0.1, 0.15) is 35.7 Å². The molecule has 0 aliphatic carbocycles. The van der Waals surface area contributed by atoms with Crippen molar-refractivity contribution in [1.29, 1.82) is 0 Å². The molecule has 1 aromatic carbocycles. The molecule has 0 bridgehead atoms. The van der Waals surface area contributed by atoms with E-state index in [1.807, 2.05) is 13.8 Å². The van der Waals surface area contributed by atoms with Crippen LogP contribution in [0.4, 0.5) is 4.39 Å². The van der Waals surface area contributed by atoms with Crippen molar-refractivity contribution < 1.29 is 14.3 Å². The van der Waals surface area contributed by atoms with Gasteiger partial charge in [0.1, 0.15) is 5.82 Å². The minimum atomic E-state index is -1.03. The van der Waals surface area contributed by atoms with Crippen molar-refractivity contribution in [3.63, 3.8) is 0 Å². The fourth-order valence-electron chi connectivity index (χ4n) is 1.98. The van der Waals surface area contributed by atoms with E-state index in [9.17, 15) is 9.18 Å². The molecular weight excluding hydrogens is 221 g/mol. The summed E-state index contributed by atoms with van der Waals surface area (Å²) >= 11 is 0. The predicted molar refractivity (Wildman–Crippen MR) is 62.7 cm³/mol. The molecule has 0 unspecified atom stereocenters. The average molecular weight is 233 g/mol. The number of carbonyl (C=O) groups is 1. The van der Waals surface area contributed by atoms with E-state index in [0.29, 0.717) is 16.5 Å². The molecule has 0 saturated carbocycles. The van der Waals surface area contributed by atoms with Crippen molar-refractivity contribution in [1.82, 2.24) is 4.98 Å². The van der Waals surface area contributed by atoms with Crippen LogP contribution in [-0.4, -0.2) is 16.1 Å². The zero-order valence-electron chi connectivity index (χ0n) is 9.57. The number of pyridine rings is 1. The second-order valence-corrected chi connectivity index (χ2v) is 4.21. The van der Waals surface area contributed by atoms with Crippen LogP contribution in [0, 0.1) is 5.82 Å². The normalized spacial score (nSPS) is 11.1. The van der Waals surface area contributed by atoms with E-state index in [1.54, 1.807) is 6.07 Å². The maximum Gasteiger partial charge on any atom is 0.337 e. The van der Waals surface area contributed by atoms with Gasteiger partial charge in [-0.15, -0.1) is 0 Å². The molecule has 0 aliphatic heterocycles. The second-order valence-electron chi connectivity index (χ2n) is 4.21. The van der Waals surface area contributed by atoms with Crippen molar-refractivity contribution in [3.8, 4) is 0 Å². The summed E-state index contributed by atoms with van der Waals surface area (Å²) in [7, 11) is 0. The van der Waals surface area contributed by atoms with Crippen molar-refractivity contribution >= 4 is 16.9 Å². The van der Waals surface area contributed by atoms with Gasteiger partial charge in [-0.1, -0.05) is 13.8 Å². The van der Waals surface area contributed by atoms with Crippen molar-refractivity contribution in [2.24, 2.45) is 0 Å². The quantitative estimate of drug-likeness (QED) is 0.866. The maximum absolute atomic E-state index is 13.2. The van der Waals surface area contributed by atoms with Crippen LogP contribution in [0.3, 0.4) is 0 Å². The number of aromatic carboxylic acids is 1. The van der Waals surface area contributed by atoms with Crippen molar-refractivity contribution in [3.05, 3.63) is 41.3 Å². The Morgan fingerprint density at radius 1 is 1.41 bits per heavy atom. The highest BCUT2D eigenvalue weighted by Gasteiger charge is 2.17. The van der Waals surface area contributed by atoms with Gasteiger partial charge in [0.25, 0.3) is 0 Å². The van der Waals surface area contributed by atoms with Gasteiger partial charge in [-0.3, -0.25) is 4.98 Å². The molecule has 0 radical (unpaired) electrons. The van der Waals surface area contributed by atoms with Gasteiger partial charge >= 0.3 is 5.97 Å². The summed E-state index contributed by atoms with van der Waals surface area (Å²) in [5.74, 6) is -1.43. The number of fused-ring (bicyclic) bond motifs is 1. The van der Waals surface area contributed by atoms with Crippen LogP contribution in [-0.2, 0) is 0 Å². The number of halogens is 1. The fourth-order valence-corrected chi connectivity index (χ4v) is 1.98. The van der Waals surface area contributed by atoms with Crippen molar-refractivity contribution in [2.45, 2.75) is 19.8 Å². The lowest BCUT2D eigenvalue weighted by Crippen LogP contribution is -2.06. The van der Waals surface area contributed by atoms with Gasteiger partial charge in [-0.25, -0.2) is 9.18 Å². The summed E-state index contributed by atoms with van der Waals surface area (Å²) in [6.45, 7) is 3.76. The number of carboxylic acids is 1. The number of hydrogen-bond acceptors (Lipinski definition) is 2. The van der Waals surface area contributed by atoms with E-state index in [4.69, 9.17) is 5.11 Å². The lowest BCUT2D eigenvalue weighted by molar-refractivity contribution is 0.0695. The van der Waals surface area contributed by atoms with Crippen LogP contribution in [0.5, 0.6) is 0 Å². The first-order valence-electron chi connectivity index (χ1n) is 5.32. The first kappa shape index (κ1) is 11.5. The van der Waals surface area contributed by atoms with Crippen LogP contribution in [0.15, 0.2) is 24.4 Å². The highest BCUT2D eigenvalue weighted by atomic mass is 19.1.